The van der Waals surface area contributed by atoms with Crippen molar-refractivity contribution in [1.82, 2.24) is 29.5 Å². The minimum atomic E-state index is 0.0937. The molecule has 3 aromatic heterocycles. The van der Waals surface area contributed by atoms with Crippen molar-refractivity contribution in [1.29, 1.82) is 0 Å². The highest BCUT2D eigenvalue weighted by atomic mass is 16.5. The van der Waals surface area contributed by atoms with Gasteiger partial charge in [-0.25, -0.2) is 14.5 Å². The number of hydrogen-bond donors (Lipinski definition) is 1. The molecule has 3 aromatic rings. The zero-order valence-electron chi connectivity index (χ0n) is 22.6. The normalized spacial score (nSPS) is 14.9. The van der Waals surface area contributed by atoms with Crippen molar-refractivity contribution >= 4 is 17.3 Å². The van der Waals surface area contributed by atoms with Crippen molar-refractivity contribution in [2.45, 2.75) is 71.8 Å². The lowest BCUT2D eigenvalue weighted by Crippen LogP contribution is -2.37. The molecule has 0 atom stereocenters. The van der Waals surface area contributed by atoms with Gasteiger partial charge in [-0.05, 0) is 63.7 Å². The van der Waals surface area contributed by atoms with E-state index in [4.69, 9.17) is 15.5 Å². The molecule has 0 bridgehead atoms. The van der Waals surface area contributed by atoms with E-state index in [0.717, 1.165) is 68.3 Å². The number of anilines is 2. The van der Waals surface area contributed by atoms with Gasteiger partial charge in [0.05, 0.1) is 11.9 Å². The molecule has 0 spiro atoms. The monoisotopic (exact) mass is 494 g/mol. The molecule has 2 N–H and O–H groups in total. The van der Waals surface area contributed by atoms with E-state index < -0.39 is 0 Å². The van der Waals surface area contributed by atoms with E-state index in [2.05, 4.69) is 65.8 Å². The average molecular weight is 495 g/mol. The van der Waals surface area contributed by atoms with Crippen molar-refractivity contribution < 1.29 is 4.74 Å². The minimum absolute atomic E-state index is 0.0937. The van der Waals surface area contributed by atoms with Gasteiger partial charge in [0, 0.05) is 32.3 Å². The van der Waals surface area contributed by atoms with Crippen LogP contribution in [0.4, 0.5) is 11.6 Å². The number of ether oxygens (including phenoxy) is 1. The molecule has 196 valence electrons. The average Bonchev–Trinajstić information content (AvgIpc) is 3.23. The highest BCUT2D eigenvalue weighted by molar-refractivity contribution is 5.60. The molecule has 4 rings (SSSR count). The first-order chi connectivity index (χ1) is 17.4. The van der Waals surface area contributed by atoms with E-state index in [1.165, 1.54) is 18.4 Å². The fourth-order valence-electron chi connectivity index (χ4n) is 5.26. The van der Waals surface area contributed by atoms with Gasteiger partial charge in [0.15, 0.2) is 11.5 Å². The Morgan fingerprint density at radius 3 is 2.47 bits per heavy atom. The zero-order valence-corrected chi connectivity index (χ0v) is 22.6. The lowest BCUT2D eigenvalue weighted by molar-refractivity contribution is 0.161. The second-order valence-electron chi connectivity index (χ2n) is 10.4. The van der Waals surface area contributed by atoms with Crippen LogP contribution in [0.5, 0.6) is 6.01 Å². The number of piperidine rings is 1. The summed E-state index contributed by atoms with van der Waals surface area (Å²) in [7, 11) is 4.31. The number of aromatic nitrogens is 5. The predicted molar refractivity (Wildman–Crippen MR) is 145 cm³/mol. The van der Waals surface area contributed by atoms with E-state index >= 15 is 0 Å². The topological polar surface area (TPSA) is 97.7 Å². The van der Waals surface area contributed by atoms with Gasteiger partial charge in [-0.15, -0.1) is 5.10 Å². The molecule has 0 unspecified atom stereocenters. The second kappa shape index (κ2) is 11.9. The van der Waals surface area contributed by atoms with Gasteiger partial charge in [0.25, 0.3) is 0 Å². The van der Waals surface area contributed by atoms with E-state index in [0.29, 0.717) is 23.9 Å². The number of hydrogen-bond acceptors (Lipinski definition) is 8. The molecular weight excluding hydrogens is 452 g/mol. The van der Waals surface area contributed by atoms with Crippen LogP contribution in [0.25, 0.3) is 5.65 Å². The summed E-state index contributed by atoms with van der Waals surface area (Å²) in [6.07, 6.45) is 11.0. The maximum absolute atomic E-state index is 6.22. The first-order valence-corrected chi connectivity index (χ1v) is 13.4. The molecule has 9 nitrogen and oxygen atoms in total. The van der Waals surface area contributed by atoms with Crippen LogP contribution < -0.4 is 15.4 Å². The minimum Gasteiger partial charge on any atom is -0.459 e. The van der Waals surface area contributed by atoms with Crippen LogP contribution in [0, 0.1) is 12.8 Å². The summed E-state index contributed by atoms with van der Waals surface area (Å²) in [5.41, 5.74) is 10.0. The van der Waals surface area contributed by atoms with Crippen molar-refractivity contribution in [2.75, 3.05) is 44.4 Å². The summed E-state index contributed by atoms with van der Waals surface area (Å²) in [5, 5.41) is 4.65. The van der Waals surface area contributed by atoms with Crippen LogP contribution in [0.2, 0.25) is 0 Å². The molecule has 1 aliphatic heterocycles. The second-order valence-corrected chi connectivity index (χ2v) is 10.4. The van der Waals surface area contributed by atoms with E-state index in [9.17, 15) is 0 Å². The van der Waals surface area contributed by atoms with Gasteiger partial charge in [-0.3, -0.25) is 0 Å². The molecule has 36 heavy (non-hydrogen) atoms. The Bertz CT molecular complexity index is 1130. The van der Waals surface area contributed by atoms with E-state index in [-0.39, 0.29) is 6.10 Å². The van der Waals surface area contributed by atoms with Crippen LogP contribution in [-0.4, -0.2) is 69.3 Å². The molecule has 0 aliphatic carbocycles. The molecular formula is C27H42N8O. The Balaban J connectivity index is 1.48. The fourth-order valence-corrected chi connectivity index (χ4v) is 5.26. The summed E-state index contributed by atoms with van der Waals surface area (Å²) in [4.78, 5) is 18.4. The molecule has 9 heteroatoms. The van der Waals surface area contributed by atoms with Gasteiger partial charge in [0.1, 0.15) is 11.9 Å². The number of aryl methyl sites for hydroxylation is 1. The van der Waals surface area contributed by atoms with Crippen LogP contribution in [0.1, 0.15) is 69.2 Å². The van der Waals surface area contributed by atoms with Crippen LogP contribution >= 0.6 is 0 Å². The number of nitrogens with two attached hydrogens (primary N) is 1. The van der Waals surface area contributed by atoms with Gasteiger partial charge < -0.3 is 20.3 Å². The van der Waals surface area contributed by atoms with Crippen LogP contribution in [0.15, 0.2) is 18.5 Å². The number of rotatable bonds is 11. The first-order valence-electron chi connectivity index (χ1n) is 13.4. The third kappa shape index (κ3) is 6.24. The van der Waals surface area contributed by atoms with E-state index in [1.807, 2.05) is 12.4 Å². The maximum Gasteiger partial charge on any atom is 0.336 e. The van der Waals surface area contributed by atoms with Gasteiger partial charge in [-0.2, -0.15) is 4.98 Å². The third-order valence-electron chi connectivity index (χ3n) is 6.96. The highest BCUT2D eigenvalue weighted by Gasteiger charge is 2.22. The molecule has 0 saturated carbocycles. The Hall–Kier alpha value is -2.94. The van der Waals surface area contributed by atoms with Crippen molar-refractivity contribution in [3.05, 3.63) is 35.3 Å². The first kappa shape index (κ1) is 26.1. The molecule has 0 amide bonds. The van der Waals surface area contributed by atoms with Crippen molar-refractivity contribution in [2.24, 2.45) is 5.92 Å². The summed E-state index contributed by atoms with van der Waals surface area (Å²) >= 11 is 0. The summed E-state index contributed by atoms with van der Waals surface area (Å²) in [6, 6.07) is 2.54. The summed E-state index contributed by atoms with van der Waals surface area (Å²) in [5.74, 6) is 2.20. The molecule has 4 heterocycles. The highest BCUT2D eigenvalue weighted by Crippen LogP contribution is 2.26. The quantitative estimate of drug-likeness (QED) is 0.425. The lowest BCUT2D eigenvalue weighted by Gasteiger charge is -2.34. The smallest absolute Gasteiger partial charge is 0.336 e. The van der Waals surface area contributed by atoms with E-state index in [1.54, 1.807) is 4.52 Å². The Morgan fingerprint density at radius 1 is 1.11 bits per heavy atom. The Kier molecular flexibility index (Phi) is 8.61. The predicted octanol–water partition coefficient (Wildman–Crippen LogP) is 4.13. The molecule has 1 saturated heterocycles. The number of nitrogens with zero attached hydrogens (tertiary/aromatic N) is 7. The Labute approximate surface area is 215 Å². The SMILES string of the molecule is CCCC(CCC)Oc1nc(N)c2ncc(Cc3cnc(N4CCC(CN(C)C)CC4)c(C)c3)n2n1. The lowest BCUT2D eigenvalue weighted by atomic mass is 9.96. The fraction of sp³-hybridized carbons (Fsp3) is 0.630. The van der Waals surface area contributed by atoms with Crippen LogP contribution in [0.3, 0.4) is 0 Å². The Morgan fingerprint density at radius 2 is 1.83 bits per heavy atom. The zero-order chi connectivity index (χ0) is 25.7. The molecule has 1 fully saturated rings. The molecule has 0 aromatic carbocycles. The van der Waals surface area contributed by atoms with Crippen LogP contribution in [-0.2, 0) is 6.42 Å². The van der Waals surface area contributed by atoms with Gasteiger partial charge >= 0.3 is 6.01 Å². The molecule has 0 radical (unpaired) electrons. The van der Waals surface area contributed by atoms with Gasteiger partial charge in [0.2, 0.25) is 0 Å². The van der Waals surface area contributed by atoms with Crippen molar-refractivity contribution in [3.63, 3.8) is 0 Å². The standard InChI is InChI=1S/C27H42N8O/c1-6-8-23(9-7-2)36-27-31-24(28)26-30-17-22(35(26)32-27)15-21-14-19(3)25(29-16-21)34-12-10-20(11-13-34)18-33(4)5/h14,16-17,20,23H,6-13,15,18H2,1-5H3,(H2,28,31,32). The number of nitrogen functional groups attached to an aromatic ring is 1. The number of pyridine rings is 1. The summed E-state index contributed by atoms with van der Waals surface area (Å²) < 4.78 is 7.89. The molecule has 1 aliphatic rings. The van der Waals surface area contributed by atoms with Crippen molar-refractivity contribution in [3.8, 4) is 6.01 Å². The maximum atomic E-state index is 6.22. The number of fused-ring (bicyclic) bond motifs is 1. The largest absolute Gasteiger partial charge is 0.459 e. The number of imidazole rings is 1. The summed E-state index contributed by atoms with van der Waals surface area (Å²) in [6.45, 7) is 9.76. The van der Waals surface area contributed by atoms with Gasteiger partial charge in [-0.1, -0.05) is 32.8 Å². The third-order valence-corrected chi connectivity index (χ3v) is 6.96.